The number of amides is 1. The molecule has 4 nitrogen and oxygen atoms in total. The number of benzene rings is 3. The second kappa shape index (κ2) is 7.83. The molecule has 0 saturated heterocycles. The van der Waals surface area contributed by atoms with Gasteiger partial charge in [0.1, 0.15) is 17.4 Å². The zero-order chi connectivity index (χ0) is 20.4. The average molecular weight is 392 g/mol. The molecule has 1 aliphatic rings. The number of nitrogens with zero attached hydrogens (tertiary/aromatic N) is 2. The lowest BCUT2D eigenvalue weighted by atomic mass is 9.97. The quantitative estimate of drug-likeness (QED) is 0.629. The summed E-state index contributed by atoms with van der Waals surface area (Å²) >= 11 is 0. The second-order valence-corrected chi connectivity index (χ2v) is 6.65. The van der Waals surface area contributed by atoms with E-state index in [2.05, 4.69) is 5.10 Å². The van der Waals surface area contributed by atoms with Crippen LogP contribution in [0.4, 0.5) is 8.78 Å². The lowest BCUT2D eigenvalue weighted by Gasteiger charge is -2.23. The van der Waals surface area contributed by atoms with Crippen LogP contribution in [0.5, 0.6) is 5.75 Å². The molecule has 4 rings (SSSR count). The van der Waals surface area contributed by atoms with Gasteiger partial charge in [0.2, 0.25) is 0 Å². The lowest BCUT2D eigenvalue weighted by Crippen LogP contribution is -2.28. The molecule has 1 unspecified atom stereocenters. The van der Waals surface area contributed by atoms with E-state index in [9.17, 15) is 13.6 Å². The number of hydrogen-bond donors (Lipinski definition) is 0. The molecule has 1 aliphatic heterocycles. The summed E-state index contributed by atoms with van der Waals surface area (Å²) < 4.78 is 33.1. The fourth-order valence-electron chi connectivity index (χ4n) is 3.46. The summed E-state index contributed by atoms with van der Waals surface area (Å²) in [5.74, 6) is -0.898. The van der Waals surface area contributed by atoms with Gasteiger partial charge in [0, 0.05) is 12.0 Å². The van der Waals surface area contributed by atoms with Crippen molar-refractivity contribution in [1.29, 1.82) is 0 Å². The zero-order valence-corrected chi connectivity index (χ0v) is 15.7. The molecule has 0 fully saturated rings. The van der Waals surface area contributed by atoms with Crippen molar-refractivity contribution in [2.75, 3.05) is 7.11 Å². The largest absolute Gasteiger partial charge is 0.496 e. The van der Waals surface area contributed by atoms with Crippen LogP contribution < -0.4 is 4.74 Å². The first-order chi connectivity index (χ1) is 14.1. The van der Waals surface area contributed by atoms with Crippen LogP contribution in [0.3, 0.4) is 0 Å². The molecular formula is C23H18F2N2O2. The fourth-order valence-corrected chi connectivity index (χ4v) is 3.46. The summed E-state index contributed by atoms with van der Waals surface area (Å²) in [6, 6.07) is 18.6. The SMILES string of the molecule is COc1ccccc1C1CC(c2ccc(F)cc2)=NN1C(=O)c1ccccc1F. The number of halogens is 2. The van der Waals surface area contributed by atoms with Gasteiger partial charge in [-0.2, -0.15) is 5.10 Å². The first-order valence-electron chi connectivity index (χ1n) is 9.13. The van der Waals surface area contributed by atoms with Crippen LogP contribution in [0, 0.1) is 11.6 Å². The Morgan fingerprint density at radius 3 is 2.41 bits per heavy atom. The van der Waals surface area contributed by atoms with E-state index in [0.29, 0.717) is 23.4 Å². The molecule has 6 heteroatoms. The first-order valence-corrected chi connectivity index (χ1v) is 9.13. The van der Waals surface area contributed by atoms with E-state index in [-0.39, 0.29) is 11.4 Å². The third-order valence-electron chi connectivity index (χ3n) is 4.90. The van der Waals surface area contributed by atoms with Crippen molar-refractivity contribution in [3.8, 4) is 5.75 Å². The summed E-state index contributed by atoms with van der Waals surface area (Å²) in [5.41, 5.74) is 2.03. The number of carbonyl (C=O) groups is 1. The minimum absolute atomic E-state index is 0.0588. The summed E-state index contributed by atoms with van der Waals surface area (Å²) in [5, 5.41) is 5.78. The molecule has 0 N–H and O–H groups in total. The highest BCUT2D eigenvalue weighted by molar-refractivity contribution is 6.05. The van der Waals surface area contributed by atoms with E-state index in [1.165, 1.54) is 35.3 Å². The molecule has 146 valence electrons. The Morgan fingerprint density at radius 2 is 1.69 bits per heavy atom. The van der Waals surface area contributed by atoms with Crippen molar-refractivity contribution in [1.82, 2.24) is 5.01 Å². The molecule has 0 aliphatic carbocycles. The summed E-state index contributed by atoms with van der Waals surface area (Å²) in [6.07, 6.45) is 0.395. The van der Waals surface area contributed by atoms with Crippen molar-refractivity contribution in [3.05, 3.63) is 101 Å². The Kier molecular flexibility index (Phi) is 5.08. The molecule has 0 bridgehead atoms. The fraction of sp³-hybridized carbons (Fsp3) is 0.130. The highest BCUT2D eigenvalue weighted by Crippen LogP contribution is 2.38. The summed E-state index contributed by atoms with van der Waals surface area (Å²) in [7, 11) is 1.55. The monoisotopic (exact) mass is 392 g/mol. The third kappa shape index (κ3) is 3.61. The van der Waals surface area contributed by atoms with E-state index >= 15 is 0 Å². The van der Waals surface area contributed by atoms with E-state index in [1.54, 1.807) is 31.4 Å². The molecule has 1 heterocycles. The van der Waals surface area contributed by atoms with Crippen LogP contribution in [-0.2, 0) is 0 Å². The molecule has 29 heavy (non-hydrogen) atoms. The molecule has 1 atom stereocenters. The zero-order valence-electron chi connectivity index (χ0n) is 15.7. The maximum Gasteiger partial charge on any atom is 0.277 e. The van der Waals surface area contributed by atoms with Crippen LogP contribution >= 0.6 is 0 Å². The molecule has 0 radical (unpaired) electrons. The van der Waals surface area contributed by atoms with Gasteiger partial charge in [0.15, 0.2) is 0 Å². The van der Waals surface area contributed by atoms with Crippen molar-refractivity contribution < 1.29 is 18.3 Å². The minimum atomic E-state index is -0.610. The van der Waals surface area contributed by atoms with Crippen LogP contribution in [0.2, 0.25) is 0 Å². The van der Waals surface area contributed by atoms with Crippen LogP contribution in [0.15, 0.2) is 77.9 Å². The van der Waals surface area contributed by atoms with Crippen molar-refractivity contribution in [2.24, 2.45) is 5.10 Å². The number of carbonyl (C=O) groups excluding carboxylic acids is 1. The van der Waals surface area contributed by atoms with Gasteiger partial charge in [-0.15, -0.1) is 0 Å². The molecule has 1 amide bonds. The Labute approximate surface area is 167 Å². The number of ether oxygens (including phenoxy) is 1. The van der Waals surface area contributed by atoms with Crippen molar-refractivity contribution >= 4 is 11.6 Å². The van der Waals surface area contributed by atoms with Gasteiger partial charge in [-0.25, -0.2) is 13.8 Å². The second-order valence-electron chi connectivity index (χ2n) is 6.65. The van der Waals surface area contributed by atoms with Crippen LogP contribution in [0.1, 0.15) is 33.9 Å². The highest BCUT2D eigenvalue weighted by Gasteiger charge is 2.36. The van der Waals surface area contributed by atoms with E-state index < -0.39 is 17.8 Å². The van der Waals surface area contributed by atoms with Crippen molar-refractivity contribution in [2.45, 2.75) is 12.5 Å². The maximum absolute atomic E-state index is 14.3. The normalized spacial score (nSPS) is 15.9. The maximum atomic E-state index is 14.3. The van der Waals surface area contributed by atoms with Gasteiger partial charge in [-0.1, -0.05) is 42.5 Å². The predicted molar refractivity (Wildman–Crippen MR) is 106 cm³/mol. The smallest absolute Gasteiger partial charge is 0.277 e. The van der Waals surface area contributed by atoms with E-state index in [4.69, 9.17) is 4.74 Å². The van der Waals surface area contributed by atoms with Gasteiger partial charge in [-0.05, 0) is 35.9 Å². The summed E-state index contributed by atoms with van der Waals surface area (Å²) in [6.45, 7) is 0. The van der Waals surface area contributed by atoms with Gasteiger partial charge in [-0.3, -0.25) is 4.79 Å². The number of para-hydroxylation sites is 1. The number of hydrazone groups is 1. The van der Waals surface area contributed by atoms with Crippen molar-refractivity contribution in [3.63, 3.8) is 0 Å². The number of hydrogen-bond acceptors (Lipinski definition) is 3. The Bertz CT molecular complexity index is 1080. The van der Waals surface area contributed by atoms with E-state index in [1.807, 2.05) is 18.2 Å². The van der Waals surface area contributed by atoms with Gasteiger partial charge in [0.05, 0.1) is 24.4 Å². The number of rotatable bonds is 4. The Balaban J connectivity index is 1.78. The minimum Gasteiger partial charge on any atom is -0.496 e. The predicted octanol–water partition coefficient (Wildman–Crippen LogP) is 4.96. The van der Waals surface area contributed by atoms with Crippen LogP contribution in [-0.4, -0.2) is 23.7 Å². The lowest BCUT2D eigenvalue weighted by molar-refractivity contribution is 0.0704. The van der Waals surface area contributed by atoms with Crippen LogP contribution in [0.25, 0.3) is 0 Å². The first kappa shape index (κ1) is 18.8. The number of methoxy groups -OCH3 is 1. The average Bonchev–Trinajstić information content (AvgIpc) is 3.19. The molecular weight excluding hydrogens is 374 g/mol. The Morgan fingerprint density at radius 1 is 1.00 bits per heavy atom. The molecule has 3 aromatic rings. The third-order valence-corrected chi connectivity index (χ3v) is 4.90. The summed E-state index contributed by atoms with van der Waals surface area (Å²) in [4.78, 5) is 13.2. The van der Waals surface area contributed by atoms with Gasteiger partial charge in [0.25, 0.3) is 5.91 Å². The molecule has 3 aromatic carbocycles. The molecule has 0 aromatic heterocycles. The van der Waals surface area contributed by atoms with Gasteiger partial charge >= 0.3 is 0 Å². The topological polar surface area (TPSA) is 41.9 Å². The Hall–Kier alpha value is -3.54. The molecule has 0 saturated carbocycles. The molecule has 0 spiro atoms. The van der Waals surface area contributed by atoms with Gasteiger partial charge < -0.3 is 4.74 Å². The highest BCUT2D eigenvalue weighted by atomic mass is 19.1. The van der Waals surface area contributed by atoms with E-state index in [0.717, 1.165) is 5.56 Å². The standard InChI is InChI=1S/C23H18F2N2O2/c1-29-22-9-5-3-7-18(22)21-14-20(15-10-12-16(24)13-11-15)26-27(21)23(28)17-6-2-4-8-19(17)25/h2-13,21H,14H2,1H3.